The minimum atomic E-state index is -0.826. The standard InChI is InChI=1S/C35H46N4O6.C16H21ClN2O/c1-24(2)39(21-25-13-15-38(16-14-25)28-9-7-26(22-41)8-10-28)29-19-31(20-29)45-30-11-12-32(27(18-30)23-42)35(44)37(4)33(6-5-17-40)34(43)36-3;1-15(2)13(19-5)16(3,4)14(15)20-11-7-6-10(9-18)12(17)8-11/h7-12,17-18,22-25,29,31,33H,5-6,13-16,19-21H2,1-4H3,(H,36,43);6-8,13-14,19H,1-5H3. The maximum atomic E-state index is 13.2. The molecular formula is C51H67ClN6O7. The fourth-order valence-electron chi connectivity index (χ4n) is 10.4. The zero-order valence-corrected chi connectivity index (χ0v) is 40.2. The smallest absolute Gasteiger partial charge is 0.255 e. The van der Waals surface area contributed by atoms with Gasteiger partial charge in [0.2, 0.25) is 5.91 Å². The second-order valence-electron chi connectivity index (χ2n) is 19.1. The first-order chi connectivity index (χ1) is 30.9. The van der Waals surface area contributed by atoms with Gasteiger partial charge in [0.15, 0.2) is 6.29 Å². The fourth-order valence-corrected chi connectivity index (χ4v) is 10.6. The summed E-state index contributed by atoms with van der Waals surface area (Å²) in [6.45, 7) is 16.4. The van der Waals surface area contributed by atoms with Crippen LogP contribution in [0.25, 0.3) is 0 Å². The molecular weight excluding hydrogens is 844 g/mol. The van der Waals surface area contributed by atoms with Gasteiger partial charge in [-0.05, 0) is 101 Å². The number of benzene rings is 3. The highest BCUT2D eigenvalue weighted by Crippen LogP contribution is 2.55. The number of aldehydes is 3. The van der Waals surface area contributed by atoms with Crippen molar-refractivity contribution in [2.24, 2.45) is 16.7 Å². The molecule has 1 unspecified atom stereocenters. The highest BCUT2D eigenvalue weighted by molar-refractivity contribution is 6.31. The van der Waals surface area contributed by atoms with Crippen LogP contribution < -0.4 is 25.0 Å². The number of amides is 2. The minimum absolute atomic E-state index is 0.0251. The molecule has 3 aromatic carbocycles. The molecule has 3 fully saturated rings. The number of piperidine rings is 1. The molecule has 0 spiro atoms. The van der Waals surface area contributed by atoms with Crippen LogP contribution >= 0.6 is 11.6 Å². The molecule has 1 aliphatic heterocycles. The lowest BCUT2D eigenvalue weighted by molar-refractivity contribution is -0.166. The number of likely N-dealkylation sites (N-methyl/N-ethyl adjacent to an activating group) is 2. The van der Waals surface area contributed by atoms with Crippen molar-refractivity contribution in [2.75, 3.05) is 45.7 Å². The Morgan fingerprint density at radius 1 is 0.923 bits per heavy atom. The maximum absolute atomic E-state index is 13.2. The number of anilines is 1. The van der Waals surface area contributed by atoms with Crippen LogP contribution in [0.2, 0.25) is 5.02 Å². The monoisotopic (exact) mass is 910 g/mol. The number of carbonyl (C=O) groups is 5. The van der Waals surface area contributed by atoms with E-state index in [0.29, 0.717) is 58.5 Å². The first kappa shape index (κ1) is 50.7. The molecule has 0 radical (unpaired) electrons. The molecule has 1 heterocycles. The number of carbonyl (C=O) groups excluding carboxylic acids is 5. The molecule has 2 amide bonds. The van der Waals surface area contributed by atoms with Crippen LogP contribution in [-0.4, -0.2) is 118 Å². The molecule has 3 aliphatic rings. The Balaban J connectivity index is 0.000000330. The van der Waals surface area contributed by atoms with Gasteiger partial charge in [-0.2, -0.15) is 5.26 Å². The maximum Gasteiger partial charge on any atom is 0.255 e. The summed E-state index contributed by atoms with van der Waals surface area (Å²) in [5.41, 5.74) is 2.80. The molecule has 13 nitrogen and oxygen atoms in total. The molecule has 14 heteroatoms. The Morgan fingerprint density at radius 3 is 2.09 bits per heavy atom. The van der Waals surface area contributed by atoms with E-state index in [1.807, 2.05) is 37.4 Å². The van der Waals surface area contributed by atoms with Gasteiger partial charge in [0.05, 0.1) is 16.1 Å². The average molecular weight is 912 g/mol. The van der Waals surface area contributed by atoms with Crippen LogP contribution in [0.4, 0.5) is 5.69 Å². The third-order valence-electron chi connectivity index (χ3n) is 13.7. The summed E-state index contributed by atoms with van der Waals surface area (Å²) in [5.74, 6) is 1.03. The van der Waals surface area contributed by atoms with Gasteiger partial charge < -0.3 is 34.7 Å². The summed E-state index contributed by atoms with van der Waals surface area (Å²) in [6, 6.07) is 20.4. The number of halogens is 1. The van der Waals surface area contributed by atoms with Gasteiger partial charge in [-0.1, -0.05) is 39.3 Å². The van der Waals surface area contributed by atoms with Crippen molar-refractivity contribution in [3.8, 4) is 17.6 Å². The Hall–Kier alpha value is -5.29. The van der Waals surface area contributed by atoms with E-state index in [9.17, 15) is 24.0 Å². The Morgan fingerprint density at radius 2 is 1.55 bits per heavy atom. The second kappa shape index (κ2) is 22.3. The SMILES string of the molecule is CNC(=O)C(CCC=O)N(C)C(=O)c1ccc(OC2CC(N(CC3CCN(c4ccc(C=O)cc4)CC3)C(C)C)C2)cc1C=O.CNC1C(C)(C)C(Oc2ccc(C#N)c(Cl)c2)C1(C)C. The van der Waals surface area contributed by atoms with Crippen molar-refractivity contribution < 1.29 is 33.4 Å². The second-order valence-corrected chi connectivity index (χ2v) is 19.5. The molecule has 2 saturated carbocycles. The summed E-state index contributed by atoms with van der Waals surface area (Å²) in [7, 11) is 4.97. The number of nitriles is 1. The quantitative estimate of drug-likeness (QED) is 0.121. The molecule has 65 heavy (non-hydrogen) atoms. The van der Waals surface area contributed by atoms with Crippen molar-refractivity contribution >= 4 is 48.0 Å². The van der Waals surface area contributed by atoms with Gasteiger partial charge >= 0.3 is 0 Å². The van der Waals surface area contributed by atoms with E-state index >= 15 is 0 Å². The zero-order chi connectivity index (χ0) is 47.6. The Labute approximate surface area is 390 Å². The number of nitrogens with zero attached hydrogens (tertiary/aromatic N) is 4. The predicted octanol–water partition coefficient (Wildman–Crippen LogP) is 7.63. The van der Waals surface area contributed by atoms with Crippen molar-refractivity contribution in [1.82, 2.24) is 20.4 Å². The van der Waals surface area contributed by atoms with E-state index in [2.05, 4.69) is 68.0 Å². The average Bonchev–Trinajstić information content (AvgIpc) is 3.28. The number of ether oxygens (including phenoxy) is 2. The number of rotatable bonds is 18. The van der Waals surface area contributed by atoms with Gasteiger partial charge in [-0.15, -0.1) is 0 Å². The van der Waals surface area contributed by atoms with Crippen LogP contribution in [-0.2, 0) is 9.59 Å². The lowest BCUT2D eigenvalue weighted by atomic mass is 9.49. The minimum Gasteiger partial charge on any atom is -0.490 e. The van der Waals surface area contributed by atoms with Crippen LogP contribution in [0.15, 0.2) is 60.7 Å². The Bertz CT molecular complexity index is 2160. The third-order valence-corrected chi connectivity index (χ3v) is 14.0. The molecule has 2 N–H and O–H groups in total. The van der Waals surface area contributed by atoms with E-state index in [4.69, 9.17) is 26.3 Å². The van der Waals surface area contributed by atoms with E-state index in [0.717, 1.165) is 57.4 Å². The molecule has 0 bridgehead atoms. The summed E-state index contributed by atoms with van der Waals surface area (Å²) in [4.78, 5) is 65.7. The van der Waals surface area contributed by atoms with E-state index in [1.54, 1.807) is 30.3 Å². The van der Waals surface area contributed by atoms with Gasteiger partial charge in [-0.3, -0.25) is 24.1 Å². The fraction of sp³-hybridized carbons (Fsp3) is 0.529. The summed E-state index contributed by atoms with van der Waals surface area (Å²) in [6.07, 6.45) is 6.70. The Kier molecular flexibility index (Phi) is 17.4. The number of hydrogen-bond acceptors (Lipinski definition) is 11. The first-order valence-corrected chi connectivity index (χ1v) is 23.1. The van der Waals surface area contributed by atoms with Gasteiger partial charge in [0, 0.05) is 105 Å². The van der Waals surface area contributed by atoms with Crippen molar-refractivity contribution in [2.45, 2.75) is 116 Å². The lowest BCUT2D eigenvalue weighted by Gasteiger charge is -2.63. The van der Waals surface area contributed by atoms with E-state index in [-0.39, 0.29) is 52.9 Å². The topological polar surface area (TPSA) is 161 Å². The molecule has 1 atom stereocenters. The summed E-state index contributed by atoms with van der Waals surface area (Å²) < 4.78 is 12.4. The number of hydrogen-bond donors (Lipinski definition) is 2. The van der Waals surface area contributed by atoms with E-state index in [1.165, 1.54) is 24.7 Å². The summed E-state index contributed by atoms with van der Waals surface area (Å²) in [5, 5.41) is 15.2. The lowest BCUT2D eigenvalue weighted by Crippen LogP contribution is -2.73. The van der Waals surface area contributed by atoms with Gasteiger partial charge in [0.1, 0.15) is 48.4 Å². The van der Waals surface area contributed by atoms with Crippen LogP contribution in [0.3, 0.4) is 0 Å². The van der Waals surface area contributed by atoms with Gasteiger partial charge in [0.25, 0.3) is 5.91 Å². The van der Waals surface area contributed by atoms with Crippen LogP contribution in [0.5, 0.6) is 11.5 Å². The van der Waals surface area contributed by atoms with Crippen molar-refractivity contribution in [3.63, 3.8) is 0 Å². The highest BCUT2D eigenvalue weighted by atomic mass is 35.5. The zero-order valence-electron chi connectivity index (χ0n) is 39.4. The molecule has 6 rings (SSSR count). The van der Waals surface area contributed by atoms with E-state index < -0.39 is 11.9 Å². The molecule has 350 valence electrons. The first-order valence-electron chi connectivity index (χ1n) is 22.7. The molecule has 2 aliphatic carbocycles. The van der Waals surface area contributed by atoms with Crippen LogP contribution in [0, 0.1) is 28.1 Å². The summed E-state index contributed by atoms with van der Waals surface area (Å²) >= 11 is 6.06. The highest BCUT2D eigenvalue weighted by Gasteiger charge is 2.63. The normalized spacial score (nSPS) is 21.3. The molecule has 0 aromatic heterocycles. The van der Waals surface area contributed by atoms with Crippen LogP contribution in [0.1, 0.15) is 117 Å². The molecule has 3 aromatic rings. The van der Waals surface area contributed by atoms with Crippen molar-refractivity contribution in [1.29, 1.82) is 5.26 Å². The predicted molar refractivity (Wildman–Crippen MR) is 254 cm³/mol. The van der Waals surface area contributed by atoms with Crippen molar-refractivity contribution in [3.05, 3.63) is 87.9 Å². The molecule has 1 saturated heterocycles. The van der Waals surface area contributed by atoms with Gasteiger partial charge in [-0.25, -0.2) is 0 Å². The largest absolute Gasteiger partial charge is 0.490 e. The third kappa shape index (κ3) is 11.8. The number of nitrogens with one attached hydrogen (secondary N) is 2.